The van der Waals surface area contributed by atoms with Gasteiger partial charge in [-0.05, 0) is 18.1 Å². The van der Waals surface area contributed by atoms with Gasteiger partial charge < -0.3 is 10.1 Å². The van der Waals surface area contributed by atoms with Crippen LogP contribution in [0.4, 0.5) is 0 Å². The first kappa shape index (κ1) is 18.5. The molecule has 0 aromatic heterocycles. The number of halogens is 3. The molecule has 1 unspecified atom stereocenters. The van der Waals surface area contributed by atoms with Crippen LogP contribution < -0.4 is 5.32 Å². The van der Waals surface area contributed by atoms with E-state index in [2.05, 4.69) is 5.32 Å². The van der Waals surface area contributed by atoms with Crippen LogP contribution in [0.3, 0.4) is 0 Å². The maximum atomic E-state index is 12.0. The summed E-state index contributed by atoms with van der Waals surface area (Å²) in [7, 11) is 2.73. The molecule has 1 aromatic carbocycles. The van der Waals surface area contributed by atoms with Gasteiger partial charge in [-0.15, -0.1) is 0 Å². The highest BCUT2D eigenvalue weighted by molar-refractivity contribution is 8.13. The van der Waals surface area contributed by atoms with Gasteiger partial charge in [0.25, 0.3) is 15.0 Å². The zero-order valence-corrected chi connectivity index (χ0v) is 14.4. The Morgan fingerprint density at radius 1 is 1.38 bits per heavy atom. The smallest absolute Gasteiger partial charge is 0.262 e. The molecule has 1 N–H and O–H groups in total. The van der Waals surface area contributed by atoms with Crippen LogP contribution in [0, 0.1) is 5.92 Å². The first-order valence-electron chi connectivity index (χ1n) is 5.87. The van der Waals surface area contributed by atoms with Gasteiger partial charge in [-0.25, -0.2) is 8.42 Å². The Kier molecular flexibility index (Phi) is 6.74. The maximum absolute atomic E-state index is 12.0. The van der Waals surface area contributed by atoms with Gasteiger partial charge in [-0.2, -0.15) is 0 Å². The van der Waals surface area contributed by atoms with E-state index in [1.807, 2.05) is 6.92 Å². The number of hydrogen-bond acceptors (Lipinski definition) is 4. The van der Waals surface area contributed by atoms with Gasteiger partial charge in [0.05, 0.1) is 16.7 Å². The number of carbonyl (C=O) groups is 1. The number of ether oxygens (including phenoxy) is 1. The van der Waals surface area contributed by atoms with Crippen LogP contribution in [0.15, 0.2) is 17.0 Å². The largest absolute Gasteiger partial charge is 0.384 e. The number of rotatable bonds is 6. The number of carbonyl (C=O) groups excluding carboxylic acids is 1. The van der Waals surface area contributed by atoms with Crippen molar-refractivity contribution in [3.8, 4) is 0 Å². The number of methoxy groups -OCH3 is 1. The Morgan fingerprint density at radius 2 is 2.00 bits per heavy atom. The number of nitrogens with one attached hydrogen (secondary N) is 1. The molecule has 1 rings (SSSR count). The molecule has 0 aliphatic carbocycles. The highest BCUT2D eigenvalue weighted by atomic mass is 35.7. The van der Waals surface area contributed by atoms with Gasteiger partial charge in [0.2, 0.25) is 0 Å². The minimum absolute atomic E-state index is 0.0616. The van der Waals surface area contributed by atoms with Crippen molar-refractivity contribution in [3.05, 3.63) is 27.7 Å². The molecule has 118 valence electrons. The van der Waals surface area contributed by atoms with Gasteiger partial charge in [0.1, 0.15) is 4.90 Å². The van der Waals surface area contributed by atoms with Gasteiger partial charge in [0.15, 0.2) is 0 Å². The summed E-state index contributed by atoms with van der Waals surface area (Å²) in [6.45, 7) is 2.76. The van der Waals surface area contributed by atoms with Crippen molar-refractivity contribution in [2.45, 2.75) is 11.8 Å². The molecule has 1 amide bonds. The average molecular weight is 375 g/mol. The van der Waals surface area contributed by atoms with E-state index in [-0.39, 0.29) is 21.5 Å². The fourth-order valence-electron chi connectivity index (χ4n) is 1.58. The van der Waals surface area contributed by atoms with Crippen LogP contribution in [-0.4, -0.2) is 34.6 Å². The van der Waals surface area contributed by atoms with Crippen LogP contribution in [0.1, 0.15) is 17.3 Å². The van der Waals surface area contributed by atoms with Crippen molar-refractivity contribution in [1.29, 1.82) is 0 Å². The van der Waals surface area contributed by atoms with Crippen molar-refractivity contribution in [1.82, 2.24) is 5.32 Å². The van der Waals surface area contributed by atoms with Crippen LogP contribution >= 0.6 is 33.9 Å². The van der Waals surface area contributed by atoms with E-state index in [0.717, 1.165) is 6.07 Å². The molecular formula is C12H14Cl3NO4S. The summed E-state index contributed by atoms with van der Waals surface area (Å²) < 4.78 is 27.8. The molecular weight excluding hydrogens is 361 g/mol. The fraction of sp³-hybridized carbons (Fsp3) is 0.417. The molecule has 0 saturated heterocycles. The first-order chi connectivity index (χ1) is 9.66. The SMILES string of the molecule is COCC(C)CNC(=O)c1cc(Cl)c(Cl)c(S(=O)(=O)Cl)c1. The molecule has 0 fully saturated rings. The molecule has 0 bridgehead atoms. The molecule has 0 spiro atoms. The standard InChI is InChI=1S/C12H14Cl3NO4S/c1-7(6-20-2)5-16-12(17)8-3-9(13)11(14)10(4-8)21(15,18)19/h3-4,7H,5-6H2,1-2H3,(H,16,17). The maximum Gasteiger partial charge on any atom is 0.262 e. The fourth-order valence-corrected chi connectivity index (χ4v) is 3.35. The molecule has 0 saturated carbocycles. The lowest BCUT2D eigenvalue weighted by Gasteiger charge is -2.12. The third-order valence-electron chi connectivity index (χ3n) is 2.58. The Morgan fingerprint density at radius 3 is 2.52 bits per heavy atom. The summed E-state index contributed by atoms with van der Waals surface area (Å²) in [6.07, 6.45) is 0. The monoisotopic (exact) mass is 373 g/mol. The number of benzene rings is 1. The Labute approximate surface area is 137 Å². The topological polar surface area (TPSA) is 72.5 Å². The second-order valence-electron chi connectivity index (χ2n) is 4.48. The summed E-state index contributed by atoms with van der Waals surface area (Å²) >= 11 is 11.6. The highest BCUT2D eigenvalue weighted by Gasteiger charge is 2.21. The van der Waals surface area contributed by atoms with Gasteiger partial charge in [-0.3, -0.25) is 4.79 Å². The summed E-state index contributed by atoms with van der Waals surface area (Å²) in [4.78, 5) is 11.6. The second kappa shape index (κ2) is 7.65. The predicted octanol–water partition coefficient (Wildman–Crippen LogP) is 2.93. The molecule has 0 aliphatic rings. The molecule has 1 atom stereocenters. The average Bonchev–Trinajstić information content (AvgIpc) is 2.38. The summed E-state index contributed by atoms with van der Waals surface area (Å²) in [5.74, 6) is -0.365. The summed E-state index contributed by atoms with van der Waals surface area (Å²) in [5, 5.41) is 2.38. The van der Waals surface area contributed by atoms with Crippen LogP contribution in [0.5, 0.6) is 0 Å². The molecule has 0 radical (unpaired) electrons. The van der Waals surface area contributed by atoms with E-state index in [1.165, 1.54) is 6.07 Å². The Bertz CT molecular complexity index is 634. The van der Waals surface area contributed by atoms with E-state index in [9.17, 15) is 13.2 Å². The van der Waals surface area contributed by atoms with Crippen molar-refractivity contribution in [2.75, 3.05) is 20.3 Å². The second-order valence-corrected chi connectivity index (χ2v) is 7.80. The van der Waals surface area contributed by atoms with Gasteiger partial charge in [-0.1, -0.05) is 30.1 Å². The Balaban J connectivity index is 2.99. The first-order valence-corrected chi connectivity index (χ1v) is 8.94. The third kappa shape index (κ3) is 5.30. The highest BCUT2D eigenvalue weighted by Crippen LogP contribution is 2.32. The zero-order chi connectivity index (χ0) is 16.2. The van der Waals surface area contributed by atoms with E-state index < -0.39 is 19.9 Å². The van der Waals surface area contributed by atoms with Crippen LogP contribution in [0.25, 0.3) is 0 Å². The van der Waals surface area contributed by atoms with Gasteiger partial charge >= 0.3 is 0 Å². The lowest BCUT2D eigenvalue weighted by Crippen LogP contribution is -2.30. The summed E-state index contributed by atoms with van der Waals surface area (Å²) in [5.41, 5.74) is 0.0632. The number of amides is 1. The lowest BCUT2D eigenvalue weighted by atomic mass is 10.1. The van der Waals surface area contributed by atoms with Crippen molar-refractivity contribution in [3.63, 3.8) is 0 Å². The quantitative estimate of drug-likeness (QED) is 0.777. The third-order valence-corrected chi connectivity index (χ3v) is 4.84. The lowest BCUT2D eigenvalue weighted by molar-refractivity contribution is 0.0934. The predicted molar refractivity (Wildman–Crippen MR) is 82.9 cm³/mol. The van der Waals surface area contributed by atoms with E-state index >= 15 is 0 Å². The normalized spacial score (nSPS) is 13.0. The van der Waals surface area contributed by atoms with E-state index in [0.29, 0.717) is 13.2 Å². The number of hydrogen-bond donors (Lipinski definition) is 1. The van der Waals surface area contributed by atoms with E-state index in [1.54, 1.807) is 7.11 Å². The van der Waals surface area contributed by atoms with Crippen molar-refractivity contribution < 1.29 is 17.9 Å². The molecule has 21 heavy (non-hydrogen) atoms. The van der Waals surface area contributed by atoms with Gasteiger partial charge in [0, 0.05) is 29.9 Å². The van der Waals surface area contributed by atoms with Crippen LogP contribution in [-0.2, 0) is 13.8 Å². The Hall–Kier alpha value is -0.530. The van der Waals surface area contributed by atoms with Crippen LogP contribution in [0.2, 0.25) is 10.0 Å². The molecule has 0 heterocycles. The molecule has 0 aliphatic heterocycles. The van der Waals surface area contributed by atoms with Crippen molar-refractivity contribution in [2.24, 2.45) is 5.92 Å². The molecule has 9 heteroatoms. The van der Waals surface area contributed by atoms with Crippen molar-refractivity contribution >= 4 is 48.8 Å². The zero-order valence-electron chi connectivity index (χ0n) is 11.3. The molecule has 5 nitrogen and oxygen atoms in total. The van der Waals surface area contributed by atoms with E-state index in [4.69, 9.17) is 38.6 Å². The summed E-state index contributed by atoms with van der Waals surface area (Å²) in [6, 6.07) is 2.37. The minimum atomic E-state index is -4.10. The minimum Gasteiger partial charge on any atom is -0.384 e. The molecule has 1 aromatic rings.